The predicted molar refractivity (Wildman–Crippen MR) is 65.0 cm³/mol. The van der Waals surface area contributed by atoms with E-state index in [2.05, 4.69) is 38.4 Å². The molecule has 0 rings (SSSR count). The van der Waals surface area contributed by atoms with Crippen LogP contribution in [0.1, 0.15) is 20.3 Å². The second kappa shape index (κ2) is 5.23. The van der Waals surface area contributed by atoms with Crippen LogP contribution in [0, 0.1) is 0 Å². The molecule has 12 heavy (non-hydrogen) atoms. The molecule has 0 nitrogen and oxygen atoms in total. The summed E-state index contributed by atoms with van der Waals surface area (Å²) in [6.45, 7) is 7.77. The molecule has 0 aromatic carbocycles. The van der Waals surface area contributed by atoms with Crippen molar-refractivity contribution < 1.29 is 0 Å². The molecule has 72 valence electrons. The first-order chi connectivity index (χ1) is 5.28. The van der Waals surface area contributed by atoms with E-state index in [1.165, 1.54) is 0 Å². The van der Waals surface area contributed by atoms with Crippen LogP contribution in [-0.4, -0.2) is 14.0 Å². The molecule has 4 heteroatoms. The maximum Gasteiger partial charge on any atom is 0.123 e. The van der Waals surface area contributed by atoms with Gasteiger partial charge in [-0.2, -0.15) is 0 Å². The number of hydrogen-bond donors (Lipinski definition) is 0. The molecule has 0 fully saturated rings. The monoisotopic (exact) mass is 336 g/mol. The van der Waals surface area contributed by atoms with Gasteiger partial charge in [-0.15, -0.1) is 29.8 Å². The molecule has 0 aromatic heterocycles. The van der Waals surface area contributed by atoms with Crippen molar-refractivity contribution in [1.82, 2.24) is 0 Å². The Bertz CT molecular complexity index is 166. The van der Waals surface area contributed by atoms with Crippen molar-refractivity contribution in [3.05, 3.63) is 12.2 Å². The Labute approximate surface area is 101 Å². The molecular formula is C8H12Br2Cl2. The van der Waals surface area contributed by atoms with Crippen molar-refractivity contribution >= 4 is 55.1 Å². The van der Waals surface area contributed by atoms with Crippen LogP contribution in [0.2, 0.25) is 0 Å². The number of alkyl halides is 4. The number of halogens is 4. The van der Waals surface area contributed by atoms with Crippen LogP contribution in [-0.2, 0) is 0 Å². The van der Waals surface area contributed by atoms with Crippen molar-refractivity contribution in [3.63, 3.8) is 0 Å². The van der Waals surface area contributed by atoms with Crippen LogP contribution >= 0.6 is 55.1 Å². The van der Waals surface area contributed by atoms with Crippen LogP contribution in [0.25, 0.3) is 0 Å². The molecule has 0 radical (unpaired) electrons. The van der Waals surface area contributed by atoms with Gasteiger partial charge in [-0.05, 0) is 20.3 Å². The summed E-state index contributed by atoms with van der Waals surface area (Å²) >= 11 is 18.6. The summed E-state index contributed by atoms with van der Waals surface area (Å²) in [7, 11) is 0. The molecule has 0 amide bonds. The van der Waals surface area contributed by atoms with Gasteiger partial charge in [0.15, 0.2) is 0 Å². The second-order valence-corrected chi connectivity index (χ2v) is 6.99. The maximum atomic E-state index is 5.81. The Balaban J connectivity index is 4.24. The van der Waals surface area contributed by atoms with Crippen molar-refractivity contribution in [3.8, 4) is 0 Å². The average Bonchev–Trinajstić information content (AvgIpc) is 1.85. The van der Waals surface area contributed by atoms with Gasteiger partial charge >= 0.3 is 0 Å². The third-order valence-electron chi connectivity index (χ3n) is 1.57. The fraction of sp³-hybridized carbons (Fsp3) is 0.750. The SMILES string of the molecule is C=C(C)CC(Br)C(C)(Br)C(Cl)Cl. The van der Waals surface area contributed by atoms with Gasteiger partial charge in [-0.3, -0.25) is 0 Å². The highest BCUT2D eigenvalue weighted by Gasteiger charge is 2.35. The third-order valence-corrected chi connectivity index (χ3v) is 5.90. The van der Waals surface area contributed by atoms with Crippen LogP contribution in [0.15, 0.2) is 12.2 Å². The first kappa shape index (κ1) is 13.3. The zero-order valence-electron chi connectivity index (χ0n) is 7.08. The number of hydrogen-bond acceptors (Lipinski definition) is 0. The lowest BCUT2D eigenvalue weighted by Gasteiger charge is -2.29. The minimum absolute atomic E-state index is 0.197. The lowest BCUT2D eigenvalue weighted by Crippen LogP contribution is -2.35. The Kier molecular flexibility index (Phi) is 5.79. The van der Waals surface area contributed by atoms with E-state index in [4.69, 9.17) is 23.2 Å². The molecule has 0 aliphatic rings. The average molecular weight is 339 g/mol. The zero-order valence-corrected chi connectivity index (χ0v) is 11.8. The van der Waals surface area contributed by atoms with Gasteiger partial charge in [-0.25, -0.2) is 0 Å². The van der Waals surface area contributed by atoms with E-state index in [-0.39, 0.29) is 9.15 Å². The van der Waals surface area contributed by atoms with Crippen LogP contribution in [0.5, 0.6) is 0 Å². The van der Waals surface area contributed by atoms with E-state index >= 15 is 0 Å². The topological polar surface area (TPSA) is 0 Å². The van der Waals surface area contributed by atoms with Gasteiger partial charge in [-0.1, -0.05) is 37.4 Å². The standard InChI is InChI=1S/C8H12Br2Cl2/c1-5(2)4-6(9)8(3,10)7(11)12/h6-7H,1,4H2,2-3H3. The van der Waals surface area contributed by atoms with Gasteiger partial charge in [0.05, 0.1) is 4.32 Å². The van der Waals surface area contributed by atoms with Crippen molar-refractivity contribution in [2.45, 2.75) is 34.3 Å². The normalized spacial score (nSPS) is 18.9. The van der Waals surface area contributed by atoms with Gasteiger partial charge in [0, 0.05) is 4.83 Å². The summed E-state index contributed by atoms with van der Waals surface area (Å²) < 4.78 is -0.310. The predicted octanol–water partition coefficient (Wildman–Crippen LogP) is 4.67. The molecule has 2 atom stereocenters. The van der Waals surface area contributed by atoms with E-state index in [9.17, 15) is 0 Å². The molecule has 2 unspecified atom stereocenters. The smallest absolute Gasteiger partial charge is 0.104 e. The van der Waals surface area contributed by atoms with Crippen molar-refractivity contribution in [2.24, 2.45) is 0 Å². The Hall–Kier alpha value is 1.28. The molecule has 0 aromatic rings. The summed E-state index contributed by atoms with van der Waals surface area (Å²) in [6.07, 6.45) is 0.859. The molecule has 0 saturated carbocycles. The third kappa shape index (κ3) is 3.99. The maximum absolute atomic E-state index is 5.81. The largest absolute Gasteiger partial charge is 0.123 e. The highest BCUT2D eigenvalue weighted by Crippen LogP contribution is 2.38. The molecule has 0 aliphatic carbocycles. The van der Waals surface area contributed by atoms with E-state index in [1.807, 2.05) is 13.8 Å². The summed E-state index contributed by atoms with van der Waals surface area (Å²) in [6, 6.07) is 0. The minimum atomic E-state index is -0.443. The summed E-state index contributed by atoms with van der Waals surface area (Å²) in [4.78, 5) is -0.247. The minimum Gasteiger partial charge on any atom is -0.104 e. The highest BCUT2D eigenvalue weighted by molar-refractivity contribution is 9.12. The van der Waals surface area contributed by atoms with Crippen LogP contribution in [0.4, 0.5) is 0 Å². The Morgan fingerprint density at radius 1 is 1.58 bits per heavy atom. The molecule has 0 bridgehead atoms. The fourth-order valence-corrected chi connectivity index (χ4v) is 2.23. The van der Waals surface area contributed by atoms with Crippen molar-refractivity contribution in [2.75, 3.05) is 0 Å². The quantitative estimate of drug-likeness (QED) is 0.516. The van der Waals surface area contributed by atoms with Gasteiger partial charge in [0.1, 0.15) is 4.84 Å². The fourth-order valence-electron chi connectivity index (χ4n) is 0.642. The van der Waals surface area contributed by atoms with E-state index in [0.29, 0.717) is 0 Å². The van der Waals surface area contributed by atoms with Gasteiger partial charge < -0.3 is 0 Å². The number of rotatable bonds is 4. The Morgan fingerprint density at radius 3 is 2.25 bits per heavy atom. The molecule has 0 heterocycles. The summed E-state index contributed by atoms with van der Waals surface area (Å²) in [5.74, 6) is 0. The second-order valence-electron chi connectivity index (χ2n) is 3.08. The lowest BCUT2D eigenvalue weighted by molar-refractivity contribution is 0.660. The van der Waals surface area contributed by atoms with E-state index in [0.717, 1.165) is 12.0 Å². The Morgan fingerprint density at radius 2 is 2.00 bits per heavy atom. The zero-order chi connectivity index (χ0) is 9.94. The van der Waals surface area contributed by atoms with Crippen molar-refractivity contribution in [1.29, 1.82) is 0 Å². The molecule has 0 spiro atoms. The molecular weight excluding hydrogens is 327 g/mol. The van der Waals surface area contributed by atoms with E-state index < -0.39 is 4.84 Å². The molecule has 0 aliphatic heterocycles. The molecule has 0 saturated heterocycles. The van der Waals surface area contributed by atoms with Crippen LogP contribution in [0.3, 0.4) is 0 Å². The first-order valence-electron chi connectivity index (χ1n) is 3.54. The summed E-state index contributed by atoms with van der Waals surface area (Å²) in [5.41, 5.74) is 1.11. The van der Waals surface area contributed by atoms with E-state index in [1.54, 1.807) is 0 Å². The first-order valence-corrected chi connectivity index (χ1v) is 6.12. The van der Waals surface area contributed by atoms with Gasteiger partial charge in [0.2, 0.25) is 0 Å². The van der Waals surface area contributed by atoms with Crippen LogP contribution < -0.4 is 0 Å². The summed E-state index contributed by atoms with van der Waals surface area (Å²) in [5, 5.41) is 0. The number of allylic oxidation sites excluding steroid dienone is 1. The lowest BCUT2D eigenvalue weighted by atomic mass is 10.0. The molecule has 0 N–H and O–H groups in total. The highest BCUT2D eigenvalue weighted by atomic mass is 79.9. The van der Waals surface area contributed by atoms with Gasteiger partial charge in [0.25, 0.3) is 0 Å².